The molecule has 1 aromatic heterocycles. The summed E-state index contributed by atoms with van der Waals surface area (Å²) in [6.45, 7) is 12.5. The molecule has 1 rings (SSSR count). The van der Waals surface area contributed by atoms with Crippen LogP contribution in [0.25, 0.3) is 0 Å². The molecule has 1 aromatic rings. The predicted octanol–water partition coefficient (Wildman–Crippen LogP) is 2.18. The highest BCUT2D eigenvalue weighted by atomic mass is 16.6. The van der Waals surface area contributed by atoms with Gasteiger partial charge in [-0.2, -0.15) is 0 Å². The topological polar surface area (TPSA) is 76.1 Å². The van der Waals surface area contributed by atoms with Crippen molar-refractivity contribution in [1.82, 2.24) is 20.6 Å². The van der Waals surface area contributed by atoms with Crippen molar-refractivity contribution in [2.24, 2.45) is 0 Å². The molecule has 0 radical (unpaired) electrons. The van der Waals surface area contributed by atoms with Crippen LogP contribution < -0.4 is 10.6 Å². The molecule has 6 nitrogen and oxygen atoms in total. The van der Waals surface area contributed by atoms with E-state index in [0.717, 1.165) is 11.5 Å². The van der Waals surface area contributed by atoms with Gasteiger partial charge < -0.3 is 15.4 Å². The molecule has 0 aliphatic rings. The Hall–Kier alpha value is -1.69. The number of hydrogen-bond donors (Lipinski definition) is 2. The normalized spacial score (nSPS) is 12.1. The Labute approximate surface area is 126 Å². The average Bonchev–Trinajstić information content (AvgIpc) is 2.24. The standard InChI is InChI=1S/C15H26N4O2/c1-11-17-8-7-12(18-11)9-16-10-15(5,6)19-13(20)21-14(2,3)4/h7-8,16H,9-10H2,1-6H3,(H,19,20). The van der Waals surface area contributed by atoms with Gasteiger partial charge in [0.1, 0.15) is 11.4 Å². The molecule has 6 heteroatoms. The molecular formula is C15H26N4O2. The van der Waals surface area contributed by atoms with Crippen LogP contribution in [-0.4, -0.2) is 33.7 Å². The van der Waals surface area contributed by atoms with Crippen LogP contribution in [0, 0.1) is 6.92 Å². The number of alkyl carbamates (subject to hydrolysis) is 1. The Balaban J connectivity index is 2.40. The van der Waals surface area contributed by atoms with E-state index in [0.29, 0.717) is 13.1 Å². The highest BCUT2D eigenvalue weighted by molar-refractivity contribution is 5.68. The molecule has 0 saturated heterocycles. The Bertz CT molecular complexity index is 481. The van der Waals surface area contributed by atoms with Crippen LogP contribution >= 0.6 is 0 Å². The van der Waals surface area contributed by atoms with Gasteiger partial charge in [-0.3, -0.25) is 0 Å². The summed E-state index contributed by atoms with van der Waals surface area (Å²) in [4.78, 5) is 20.1. The summed E-state index contributed by atoms with van der Waals surface area (Å²) in [5.41, 5.74) is 0.0202. The minimum atomic E-state index is -0.494. The molecule has 2 N–H and O–H groups in total. The van der Waals surface area contributed by atoms with Crippen molar-refractivity contribution in [1.29, 1.82) is 0 Å². The minimum Gasteiger partial charge on any atom is -0.444 e. The van der Waals surface area contributed by atoms with Crippen molar-refractivity contribution in [2.45, 2.75) is 59.2 Å². The number of carbonyl (C=O) groups excluding carboxylic acids is 1. The summed E-state index contributed by atoms with van der Waals surface area (Å²) < 4.78 is 5.26. The van der Waals surface area contributed by atoms with Crippen LogP contribution in [0.15, 0.2) is 12.3 Å². The van der Waals surface area contributed by atoms with Crippen LogP contribution in [0.5, 0.6) is 0 Å². The molecule has 0 aliphatic heterocycles. The zero-order valence-electron chi connectivity index (χ0n) is 13.8. The van der Waals surface area contributed by atoms with Gasteiger partial charge in [0.2, 0.25) is 0 Å². The van der Waals surface area contributed by atoms with Gasteiger partial charge in [0, 0.05) is 19.3 Å². The van der Waals surface area contributed by atoms with Crippen molar-refractivity contribution in [3.05, 3.63) is 23.8 Å². The molecule has 118 valence electrons. The van der Waals surface area contributed by atoms with E-state index in [9.17, 15) is 4.79 Å². The molecule has 0 unspecified atom stereocenters. The van der Waals surface area contributed by atoms with Gasteiger partial charge in [0.05, 0.1) is 11.2 Å². The van der Waals surface area contributed by atoms with Gasteiger partial charge in [0.25, 0.3) is 0 Å². The highest BCUT2D eigenvalue weighted by Gasteiger charge is 2.24. The largest absolute Gasteiger partial charge is 0.444 e. The Morgan fingerprint density at radius 1 is 1.29 bits per heavy atom. The molecular weight excluding hydrogens is 268 g/mol. The fraction of sp³-hybridized carbons (Fsp3) is 0.667. The first-order valence-electron chi connectivity index (χ1n) is 7.08. The zero-order chi connectivity index (χ0) is 16.1. The second-order valence-electron chi connectivity index (χ2n) is 6.71. The number of ether oxygens (including phenoxy) is 1. The molecule has 0 spiro atoms. The second-order valence-corrected chi connectivity index (χ2v) is 6.71. The highest BCUT2D eigenvalue weighted by Crippen LogP contribution is 2.09. The summed E-state index contributed by atoms with van der Waals surface area (Å²) in [6, 6.07) is 1.87. The van der Waals surface area contributed by atoms with E-state index in [-0.39, 0.29) is 0 Å². The lowest BCUT2D eigenvalue weighted by Crippen LogP contribution is -2.51. The maximum absolute atomic E-state index is 11.8. The van der Waals surface area contributed by atoms with Crippen LogP contribution in [0.2, 0.25) is 0 Å². The monoisotopic (exact) mass is 294 g/mol. The molecule has 0 atom stereocenters. The summed E-state index contributed by atoms with van der Waals surface area (Å²) in [6.07, 6.45) is 1.33. The number of amides is 1. The Morgan fingerprint density at radius 3 is 2.52 bits per heavy atom. The van der Waals surface area contributed by atoms with Gasteiger partial charge in [-0.05, 0) is 47.6 Å². The molecule has 0 aromatic carbocycles. The van der Waals surface area contributed by atoms with Crippen LogP contribution in [0.1, 0.15) is 46.1 Å². The number of aryl methyl sites for hydroxylation is 1. The second kappa shape index (κ2) is 6.85. The van der Waals surface area contributed by atoms with Crippen molar-refractivity contribution in [3.8, 4) is 0 Å². The lowest BCUT2D eigenvalue weighted by molar-refractivity contribution is 0.0472. The van der Waals surface area contributed by atoms with E-state index in [1.807, 2.05) is 47.6 Å². The first-order chi connectivity index (χ1) is 9.57. The third-order valence-corrected chi connectivity index (χ3v) is 2.55. The van der Waals surface area contributed by atoms with Crippen molar-refractivity contribution < 1.29 is 9.53 Å². The molecule has 0 saturated carbocycles. The molecule has 0 bridgehead atoms. The Kier molecular flexibility index (Phi) is 5.66. The lowest BCUT2D eigenvalue weighted by Gasteiger charge is -2.28. The van der Waals surface area contributed by atoms with E-state index in [1.54, 1.807) is 6.20 Å². The van der Waals surface area contributed by atoms with Crippen molar-refractivity contribution in [2.75, 3.05) is 6.54 Å². The van der Waals surface area contributed by atoms with E-state index < -0.39 is 17.2 Å². The number of nitrogens with one attached hydrogen (secondary N) is 2. The van der Waals surface area contributed by atoms with Gasteiger partial charge in [-0.15, -0.1) is 0 Å². The number of hydrogen-bond acceptors (Lipinski definition) is 5. The molecule has 0 fully saturated rings. The summed E-state index contributed by atoms with van der Waals surface area (Å²) in [5.74, 6) is 0.750. The maximum atomic E-state index is 11.8. The number of carbonyl (C=O) groups is 1. The molecule has 1 amide bonds. The van der Waals surface area contributed by atoms with Crippen molar-refractivity contribution >= 4 is 6.09 Å². The number of nitrogens with zero attached hydrogens (tertiary/aromatic N) is 2. The summed E-state index contributed by atoms with van der Waals surface area (Å²) in [5, 5.41) is 6.13. The zero-order valence-corrected chi connectivity index (χ0v) is 13.8. The lowest BCUT2D eigenvalue weighted by atomic mass is 10.1. The summed E-state index contributed by atoms with van der Waals surface area (Å²) in [7, 11) is 0. The van der Waals surface area contributed by atoms with E-state index >= 15 is 0 Å². The molecule has 1 heterocycles. The van der Waals surface area contributed by atoms with Gasteiger partial charge in [0.15, 0.2) is 0 Å². The van der Waals surface area contributed by atoms with Crippen LogP contribution in [0.4, 0.5) is 4.79 Å². The Morgan fingerprint density at radius 2 is 1.95 bits per heavy atom. The van der Waals surface area contributed by atoms with E-state index in [1.165, 1.54) is 0 Å². The first kappa shape index (κ1) is 17.4. The van der Waals surface area contributed by atoms with Gasteiger partial charge >= 0.3 is 6.09 Å². The SMILES string of the molecule is Cc1nccc(CNCC(C)(C)NC(=O)OC(C)(C)C)n1. The average molecular weight is 294 g/mol. The molecule has 21 heavy (non-hydrogen) atoms. The quantitative estimate of drug-likeness (QED) is 0.870. The van der Waals surface area contributed by atoms with E-state index in [4.69, 9.17) is 4.74 Å². The smallest absolute Gasteiger partial charge is 0.408 e. The first-order valence-corrected chi connectivity index (χ1v) is 7.08. The fourth-order valence-electron chi connectivity index (χ4n) is 1.73. The van der Waals surface area contributed by atoms with E-state index in [2.05, 4.69) is 20.6 Å². The maximum Gasteiger partial charge on any atom is 0.408 e. The van der Waals surface area contributed by atoms with Crippen molar-refractivity contribution in [3.63, 3.8) is 0 Å². The number of aromatic nitrogens is 2. The third-order valence-electron chi connectivity index (χ3n) is 2.55. The van der Waals surface area contributed by atoms with Crippen LogP contribution in [-0.2, 0) is 11.3 Å². The number of rotatable bonds is 5. The predicted molar refractivity (Wildman–Crippen MR) is 81.9 cm³/mol. The fourth-order valence-corrected chi connectivity index (χ4v) is 1.73. The summed E-state index contributed by atoms with van der Waals surface area (Å²) >= 11 is 0. The molecule has 0 aliphatic carbocycles. The van der Waals surface area contributed by atoms with Gasteiger partial charge in [-0.1, -0.05) is 0 Å². The van der Waals surface area contributed by atoms with Crippen LogP contribution in [0.3, 0.4) is 0 Å². The third kappa shape index (κ3) is 7.60. The minimum absolute atomic E-state index is 0.410. The van der Waals surface area contributed by atoms with Gasteiger partial charge in [-0.25, -0.2) is 14.8 Å².